The monoisotopic (exact) mass is 123 g/mol. The van der Waals surface area contributed by atoms with Gasteiger partial charge in [0, 0.05) is 0 Å². The van der Waals surface area contributed by atoms with Gasteiger partial charge in [-0.05, 0) is 0 Å². The Morgan fingerprint density at radius 2 is 1.12 bits per heavy atom. The van der Waals surface area contributed by atoms with Crippen LogP contribution >= 0.6 is 0 Å². The van der Waals surface area contributed by atoms with Crippen LogP contribution in [0.1, 0.15) is 0 Å². The topological polar surface area (TPSA) is 127 Å². The standard InChI is InChI=1S/N2O4.HNO/c3-1(4)2(5)6;1-2/h;1H. The molecule has 0 atom stereocenters. The predicted octanol–water partition coefficient (Wildman–Crippen LogP) is -0.214. The molecule has 0 aromatic rings. The molecule has 8 nitrogen and oxygen atoms in total. The third-order valence-corrected chi connectivity index (χ3v) is 0.133. The van der Waals surface area contributed by atoms with Crippen LogP contribution in [0, 0.1) is 30.7 Å². The minimum absolute atomic E-state index is 1.61. The molecule has 0 rings (SSSR count). The molecular weight excluding hydrogens is 122 g/mol. The van der Waals surface area contributed by atoms with Crippen LogP contribution in [0.3, 0.4) is 0 Å². The smallest absolute Gasteiger partial charge is 0.194 e. The summed E-state index contributed by atoms with van der Waals surface area (Å²) >= 11 is 0. The van der Waals surface area contributed by atoms with Crippen LogP contribution in [0.2, 0.25) is 0 Å². The molecule has 0 saturated heterocycles. The predicted molar refractivity (Wildman–Crippen MR) is 20.1 cm³/mol. The first kappa shape index (κ1) is 9.64. The van der Waals surface area contributed by atoms with Gasteiger partial charge in [-0.15, -0.1) is 0 Å². The Kier molecular flexibility index (Phi) is 6.51. The van der Waals surface area contributed by atoms with Gasteiger partial charge < -0.3 is 0 Å². The summed E-state index contributed by atoms with van der Waals surface area (Å²) in [7, 11) is 0. The largest absolute Gasteiger partial charge is 0.387 e. The molecule has 0 aromatic heterocycles. The van der Waals surface area contributed by atoms with Gasteiger partial charge in [-0.2, -0.15) is 25.1 Å². The Labute approximate surface area is 42.1 Å². The van der Waals surface area contributed by atoms with Crippen molar-refractivity contribution in [1.82, 2.24) is 0 Å². The van der Waals surface area contributed by atoms with E-state index in [4.69, 9.17) is 25.1 Å². The Bertz CT molecular complexity index is 83.8. The summed E-state index contributed by atoms with van der Waals surface area (Å²) in [6, 6.07) is 0. The third-order valence-electron chi connectivity index (χ3n) is 0.133. The second kappa shape index (κ2) is 5.40. The minimum atomic E-state index is -1.61. The van der Waals surface area contributed by atoms with E-state index in [1.807, 2.05) is 0 Å². The Morgan fingerprint density at radius 3 is 1.12 bits per heavy atom. The summed E-state index contributed by atoms with van der Waals surface area (Å²) in [5.74, 6) is 0. The molecule has 0 bridgehead atoms. The lowest BCUT2D eigenvalue weighted by Gasteiger charge is -1.64. The van der Waals surface area contributed by atoms with Gasteiger partial charge in [0.2, 0.25) is 0 Å². The SMILES string of the molecule is N=O.O=[N+]([O-])[N+](=O)[O-]. The van der Waals surface area contributed by atoms with Gasteiger partial charge in [0.15, 0.2) is 0 Å². The Balaban J connectivity index is 0. The summed E-state index contributed by atoms with van der Waals surface area (Å²) in [6.45, 7) is 0. The van der Waals surface area contributed by atoms with E-state index in [-0.39, 0.29) is 0 Å². The number of rotatable bonds is 1. The van der Waals surface area contributed by atoms with Crippen molar-refractivity contribution in [1.29, 1.82) is 5.59 Å². The summed E-state index contributed by atoms with van der Waals surface area (Å²) in [5, 5.41) is 14.4. The van der Waals surface area contributed by atoms with Gasteiger partial charge in [0.25, 0.3) is 0 Å². The van der Waals surface area contributed by atoms with Crippen LogP contribution < -0.4 is 0 Å². The molecule has 0 unspecified atom stereocenters. The molecule has 0 aliphatic heterocycles. The molecule has 8 heteroatoms. The van der Waals surface area contributed by atoms with Gasteiger partial charge >= 0.3 is 10.1 Å². The average molecular weight is 123 g/mol. The fraction of sp³-hybridized carbons (Fsp3) is 0. The molecular formula is HN3O5. The van der Waals surface area contributed by atoms with Gasteiger partial charge in [-0.25, -0.2) is 0 Å². The van der Waals surface area contributed by atoms with Crippen molar-refractivity contribution in [2.24, 2.45) is 0 Å². The maximum absolute atomic E-state index is 8.81. The Morgan fingerprint density at radius 1 is 1.00 bits per heavy atom. The summed E-state index contributed by atoms with van der Waals surface area (Å²) in [6.07, 6.45) is 0. The number of nitroso groups, excluding NO2 is 1. The molecule has 8 heavy (non-hydrogen) atoms. The van der Waals surface area contributed by atoms with Crippen LogP contribution in [0.15, 0.2) is 0 Å². The molecule has 0 aliphatic carbocycles. The lowest BCUT2D eigenvalue weighted by Crippen LogP contribution is -2.06. The first-order chi connectivity index (χ1) is 3.64. The van der Waals surface area contributed by atoms with Crippen LogP contribution in [0.4, 0.5) is 0 Å². The van der Waals surface area contributed by atoms with Gasteiger partial charge in [-0.1, -0.05) is 5.59 Å². The van der Waals surface area contributed by atoms with Crippen LogP contribution in [0.5, 0.6) is 0 Å². The van der Waals surface area contributed by atoms with E-state index in [0.717, 1.165) is 0 Å². The van der Waals surface area contributed by atoms with E-state index < -0.39 is 10.1 Å². The van der Waals surface area contributed by atoms with Gasteiger partial charge in [0.1, 0.15) is 0 Å². The number of hydrazine groups is 1. The number of hydrogen-bond acceptors (Lipinski definition) is 6. The van der Waals surface area contributed by atoms with Crippen LogP contribution in [-0.2, 0) is 0 Å². The first-order valence-corrected chi connectivity index (χ1v) is 1.13. The van der Waals surface area contributed by atoms with E-state index in [1.54, 1.807) is 0 Å². The van der Waals surface area contributed by atoms with Crippen molar-refractivity contribution < 1.29 is 10.1 Å². The lowest BCUT2D eigenvalue weighted by molar-refractivity contribution is -1.08. The number of hydrogen-bond donors (Lipinski definition) is 1. The molecule has 0 aromatic carbocycles. The van der Waals surface area contributed by atoms with Crippen LogP contribution in [-0.4, -0.2) is 10.1 Å². The Hall–Kier alpha value is -1.60. The van der Waals surface area contributed by atoms with Crippen molar-refractivity contribution in [3.05, 3.63) is 25.1 Å². The van der Waals surface area contributed by atoms with Gasteiger partial charge in [-0.3, -0.25) is 0 Å². The highest BCUT2D eigenvalue weighted by molar-refractivity contribution is 3.93. The zero-order valence-corrected chi connectivity index (χ0v) is 3.44. The van der Waals surface area contributed by atoms with Crippen molar-refractivity contribution in [2.45, 2.75) is 0 Å². The van der Waals surface area contributed by atoms with Crippen molar-refractivity contribution in [3.63, 3.8) is 0 Å². The minimum Gasteiger partial charge on any atom is -0.194 e. The normalized spacial score (nSPS) is 6.00. The molecule has 0 spiro atoms. The van der Waals surface area contributed by atoms with E-state index in [1.165, 1.54) is 0 Å². The second-order valence-corrected chi connectivity index (χ2v) is 0.476. The highest BCUT2D eigenvalue weighted by Crippen LogP contribution is 1.61. The first-order valence-electron chi connectivity index (χ1n) is 1.13. The van der Waals surface area contributed by atoms with Crippen molar-refractivity contribution in [2.75, 3.05) is 0 Å². The highest BCUT2D eigenvalue weighted by atomic mass is 16.8. The van der Waals surface area contributed by atoms with E-state index in [2.05, 4.69) is 5.59 Å². The lowest BCUT2D eigenvalue weighted by atomic mass is 12.6. The molecule has 1 N–H and O–H groups in total. The molecule has 46 valence electrons. The second-order valence-electron chi connectivity index (χ2n) is 0.476. The van der Waals surface area contributed by atoms with Gasteiger partial charge in [0.05, 0.1) is 0 Å². The zero-order valence-electron chi connectivity index (χ0n) is 3.44. The fourth-order valence-corrected chi connectivity index (χ4v) is 0. The molecule has 0 heterocycles. The maximum atomic E-state index is 8.81. The van der Waals surface area contributed by atoms with E-state index in [9.17, 15) is 0 Å². The quantitative estimate of drug-likeness (QED) is 0.293. The summed E-state index contributed by atoms with van der Waals surface area (Å²) < 4.78 is 0. The summed E-state index contributed by atoms with van der Waals surface area (Å²) in [5.41, 5.74) is 4.50. The summed E-state index contributed by atoms with van der Waals surface area (Å²) in [4.78, 5) is 25.1. The molecule has 0 fully saturated rings. The number of nitrogens with zero attached hydrogens (tertiary/aromatic N) is 2. The average Bonchev–Trinajstić information content (AvgIpc) is 1.72. The molecule has 0 saturated carbocycles. The third kappa shape index (κ3) is 8.83. The number of nitrogens with one attached hydrogen (secondary N) is 1. The highest BCUT2D eigenvalue weighted by Gasteiger charge is 2.06. The fourth-order valence-electron chi connectivity index (χ4n) is 0. The van der Waals surface area contributed by atoms with Crippen LogP contribution in [0.25, 0.3) is 0 Å². The molecule has 0 aliphatic rings. The van der Waals surface area contributed by atoms with E-state index >= 15 is 0 Å². The zero-order chi connectivity index (χ0) is 7.15. The molecule has 0 amide bonds. The number of nitro groups is 1. The molecule has 0 radical (unpaired) electrons. The maximum Gasteiger partial charge on any atom is 0.387 e. The van der Waals surface area contributed by atoms with Crippen molar-refractivity contribution in [3.8, 4) is 0 Å². The van der Waals surface area contributed by atoms with E-state index in [0.29, 0.717) is 0 Å². The van der Waals surface area contributed by atoms with Crippen molar-refractivity contribution >= 4 is 0 Å².